The third kappa shape index (κ3) is 5.00. The van der Waals surface area contributed by atoms with Crippen LogP contribution in [0.3, 0.4) is 0 Å². The summed E-state index contributed by atoms with van der Waals surface area (Å²) in [6.07, 6.45) is 0.506. The van der Waals surface area contributed by atoms with Gasteiger partial charge >= 0.3 is 0 Å². The summed E-state index contributed by atoms with van der Waals surface area (Å²) in [6.45, 7) is 8.89. The Bertz CT molecular complexity index is 386. The summed E-state index contributed by atoms with van der Waals surface area (Å²) in [5, 5.41) is 6.17. The average Bonchev–Trinajstić information content (AvgIpc) is 2.23. The van der Waals surface area contributed by atoms with Gasteiger partial charge < -0.3 is 10.6 Å². The lowest BCUT2D eigenvalue weighted by Gasteiger charge is -2.10. The Morgan fingerprint density at radius 3 is 2.65 bits per heavy atom. The van der Waals surface area contributed by atoms with Crippen molar-refractivity contribution < 1.29 is 4.79 Å². The minimum absolute atomic E-state index is 0.0619. The summed E-state index contributed by atoms with van der Waals surface area (Å²) in [4.78, 5) is 11.7. The van der Waals surface area contributed by atoms with E-state index in [0.29, 0.717) is 19.0 Å². The van der Waals surface area contributed by atoms with Crippen molar-refractivity contribution in [2.45, 2.75) is 40.2 Å². The zero-order valence-electron chi connectivity index (χ0n) is 11.1. The summed E-state index contributed by atoms with van der Waals surface area (Å²) in [7, 11) is 0. The number of rotatable bonds is 5. The maximum atomic E-state index is 11.7. The van der Waals surface area contributed by atoms with Crippen molar-refractivity contribution in [1.29, 1.82) is 0 Å². The second-order valence-corrected chi connectivity index (χ2v) is 4.73. The number of carbonyl (C=O) groups excluding carboxylic acids is 1. The van der Waals surface area contributed by atoms with E-state index >= 15 is 0 Å². The van der Waals surface area contributed by atoms with Gasteiger partial charge in [-0.1, -0.05) is 26.0 Å². The van der Waals surface area contributed by atoms with Crippen LogP contribution in [-0.2, 0) is 4.79 Å². The normalized spacial score (nSPS) is 10.6. The molecule has 0 aliphatic heterocycles. The minimum Gasteiger partial charge on any atom is -0.326 e. The van der Waals surface area contributed by atoms with E-state index in [1.54, 1.807) is 0 Å². The van der Waals surface area contributed by atoms with Crippen molar-refractivity contribution in [1.82, 2.24) is 5.32 Å². The second kappa shape index (κ2) is 6.40. The molecule has 0 saturated heterocycles. The Morgan fingerprint density at radius 1 is 1.29 bits per heavy atom. The van der Waals surface area contributed by atoms with Crippen LogP contribution in [-0.4, -0.2) is 18.5 Å². The quantitative estimate of drug-likeness (QED) is 0.822. The first-order valence-electron chi connectivity index (χ1n) is 6.09. The van der Waals surface area contributed by atoms with Gasteiger partial charge in [0, 0.05) is 24.7 Å². The molecule has 17 heavy (non-hydrogen) atoms. The van der Waals surface area contributed by atoms with E-state index in [0.717, 1.165) is 16.8 Å². The van der Waals surface area contributed by atoms with Crippen molar-refractivity contribution in [2.75, 3.05) is 11.9 Å². The number of amides is 1. The molecule has 1 rings (SSSR count). The van der Waals surface area contributed by atoms with Gasteiger partial charge in [-0.05, 0) is 31.0 Å². The monoisotopic (exact) mass is 234 g/mol. The van der Waals surface area contributed by atoms with Crippen LogP contribution in [0.2, 0.25) is 0 Å². The third-order valence-electron chi connectivity index (χ3n) is 2.57. The first-order valence-corrected chi connectivity index (χ1v) is 6.09. The summed E-state index contributed by atoms with van der Waals surface area (Å²) in [5.41, 5.74) is 3.17. The Labute approximate surface area is 104 Å². The van der Waals surface area contributed by atoms with Gasteiger partial charge in [-0.15, -0.1) is 0 Å². The maximum absolute atomic E-state index is 11.7. The van der Waals surface area contributed by atoms with E-state index in [4.69, 9.17) is 0 Å². The number of benzene rings is 1. The Balaban J connectivity index is 2.47. The fraction of sp³-hybridized carbons (Fsp3) is 0.500. The number of aryl methyl sites for hydroxylation is 2. The SMILES string of the molecule is Cc1ccc(C)c(NC(=O)CCNC(C)C)c1. The average molecular weight is 234 g/mol. The molecular formula is C14H22N2O. The fourth-order valence-electron chi connectivity index (χ4n) is 1.56. The van der Waals surface area contributed by atoms with Crippen LogP contribution in [0.5, 0.6) is 0 Å². The Morgan fingerprint density at radius 2 is 2.00 bits per heavy atom. The Kier molecular flexibility index (Phi) is 5.16. The molecule has 0 aliphatic carbocycles. The molecule has 0 bridgehead atoms. The molecule has 0 fully saturated rings. The van der Waals surface area contributed by atoms with Crippen molar-refractivity contribution in [3.05, 3.63) is 29.3 Å². The van der Waals surface area contributed by atoms with Gasteiger partial charge in [-0.25, -0.2) is 0 Å². The largest absolute Gasteiger partial charge is 0.326 e. The molecule has 0 aromatic heterocycles. The van der Waals surface area contributed by atoms with Crippen LogP contribution in [0.15, 0.2) is 18.2 Å². The molecule has 0 saturated carbocycles. The fourth-order valence-corrected chi connectivity index (χ4v) is 1.56. The van der Waals surface area contributed by atoms with Crippen LogP contribution < -0.4 is 10.6 Å². The smallest absolute Gasteiger partial charge is 0.225 e. The minimum atomic E-state index is 0.0619. The molecular weight excluding hydrogens is 212 g/mol. The van der Waals surface area contributed by atoms with Crippen molar-refractivity contribution >= 4 is 11.6 Å². The third-order valence-corrected chi connectivity index (χ3v) is 2.57. The summed E-state index contributed by atoms with van der Waals surface area (Å²) >= 11 is 0. The van der Waals surface area contributed by atoms with Gasteiger partial charge in [0.15, 0.2) is 0 Å². The molecule has 3 heteroatoms. The van der Waals surface area contributed by atoms with Crippen molar-refractivity contribution in [3.63, 3.8) is 0 Å². The number of nitrogens with one attached hydrogen (secondary N) is 2. The number of anilines is 1. The highest BCUT2D eigenvalue weighted by molar-refractivity contribution is 5.91. The molecule has 0 aliphatic rings. The van der Waals surface area contributed by atoms with E-state index in [2.05, 4.69) is 24.5 Å². The van der Waals surface area contributed by atoms with E-state index in [9.17, 15) is 4.79 Å². The van der Waals surface area contributed by atoms with Crippen molar-refractivity contribution in [2.24, 2.45) is 0 Å². The summed E-state index contributed by atoms with van der Waals surface area (Å²) in [5.74, 6) is 0.0619. The molecule has 94 valence electrons. The van der Waals surface area contributed by atoms with Crippen molar-refractivity contribution in [3.8, 4) is 0 Å². The van der Waals surface area contributed by atoms with Gasteiger partial charge in [0.2, 0.25) is 5.91 Å². The lowest BCUT2D eigenvalue weighted by Crippen LogP contribution is -2.27. The topological polar surface area (TPSA) is 41.1 Å². The predicted octanol–water partition coefficient (Wildman–Crippen LogP) is 2.63. The Hall–Kier alpha value is -1.35. The molecule has 0 radical (unpaired) electrons. The zero-order valence-corrected chi connectivity index (χ0v) is 11.1. The summed E-state index contributed by atoms with van der Waals surface area (Å²) < 4.78 is 0. The summed E-state index contributed by atoms with van der Waals surface area (Å²) in [6, 6.07) is 6.50. The highest BCUT2D eigenvalue weighted by Gasteiger charge is 2.05. The number of hydrogen-bond acceptors (Lipinski definition) is 2. The molecule has 0 atom stereocenters. The van der Waals surface area contributed by atoms with E-state index in [-0.39, 0.29) is 5.91 Å². The molecule has 1 aromatic rings. The van der Waals surface area contributed by atoms with Crippen LogP contribution in [0.4, 0.5) is 5.69 Å². The van der Waals surface area contributed by atoms with Gasteiger partial charge in [0.1, 0.15) is 0 Å². The van der Waals surface area contributed by atoms with Gasteiger partial charge in [0.05, 0.1) is 0 Å². The molecule has 0 unspecified atom stereocenters. The highest BCUT2D eigenvalue weighted by atomic mass is 16.1. The molecule has 0 heterocycles. The van der Waals surface area contributed by atoms with Crippen LogP contribution in [0, 0.1) is 13.8 Å². The first kappa shape index (κ1) is 13.7. The maximum Gasteiger partial charge on any atom is 0.225 e. The zero-order chi connectivity index (χ0) is 12.8. The van der Waals surface area contributed by atoms with E-state index < -0.39 is 0 Å². The molecule has 3 nitrogen and oxygen atoms in total. The van der Waals surface area contributed by atoms with Gasteiger partial charge in [-0.2, -0.15) is 0 Å². The predicted molar refractivity (Wildman–Crippen MR) is 72.3 cm³/mol. The van der Waals surface area contributed by atoms with Crippen LogP contribution in [0.1, 0.15) is 31.4 Å². The molecule has 1 aromatic carbocycles. The lowest BCUT2D eigenvalue weighted by molar-refractivity contribution is -0.116. The van der Waals surface area contributed by atoms with Crippen LogP contribution in [0.25, 0.3) is 0 Å². The van der Waals surface area contributed by atoms with E-state index in [1.807, 2.05) is 32.0 Å². The number of hydrogen-bond donors (Lipinski definition) is 2. The molecule has 0 spiro atoms. The first-order chi connectivity index (χ1) is 7.99. The lowest BCUT2D eigenvalue weighted by atomic mass is 10.1. The standard InChI is InChI=1S/C14H22N2O/c1-10(2)15-8-7-14(17)16-13-9-11(3)5-6-12(13)4/h5-6,9-10,15H,7-8H2,1-4H3,(H,16,17). The number of carbonyl (C=O) groups is 1. The van der Waals surface area contributed by atoms with Gasteiger partial charge in [-0.3, -0.25) is 4.79 Å². The highest BCUT2D eigenvalue weighted by Crippen LogP contribution is 2.16. The van der Waals surface area contributed by atoms with E-state index in [1.165, 1.54) is 0 Å². The molecule has 2 N–H and O–H groups in total. The van der Waals surface area contributed by atoms with Gasteiger partial charge in [0.25, 0.3) is 0 Å². The van der Waals surface area contributed by atoms with Crippen LogP contribution >= 0.6 is 0 Å². The molecule has 1 amide bonds. The second-order valence-electron chi connectivity index (χ2n) is 4.73.